The highest BCUT2D eigenvalue weighted by molar-refractivity contribution is 7.99. The Labute approximate surface area is 163 Å². The summed E-state index contributed by atoms with van der Waals surface area (Å²) < 4.78 is 18.2. The molecular formula is C19H25N3O4S. The lowest BCUT2D eigenvalue weighted by Crippen LogP contribution is -2.31. The van der Waals surface area contributed by atoms with E-state index >= 15 is 0 Å². The van der Waals surface area contributed by atoms with Gasteiger partial charge in [0.05, 0.1) is 32.6 Å². The molecule has 1 amide bonds. The quantitative estimate of drug-likeness (QED) is 0.781. The molecule has 0 saturated carbocycles. The van der Waals surface area contributed by atoms with Gasteiger partial charge in [-0.05, 0) is 19.9 Å². The number of nitrogens with zero attached hydrogens (tertiary/aromatic N) is 3. The number of thioether (sulfide) groups is 1. The minimum absolute atomic E-state index is 0.00932. The second kappa shape index (κ2) is 7.72. The van der Waals surface area contributed by atoms with E-state index < -0.39 is 0 Å². The summed E-state index contributed by atoms with van der Waals surface area (Å²) in [6.07, 6.45) is 0. The lowest BCUT2D eigenvalue weighted by molar-refractivity contribution is 0.0757. The van der Waals surface area contributed by atoms with E-state index in [1.807, 2.05) is 31.9 Å². The van der Waals surface area contributed by atoms with Gasteiger partial charge in [-0.2, -0.15) is 5.10 Å². The van der Waals surface area contributed by atoms with Crippen molar-refractivity contribution in [2.75, 3.05) is 33.6 Å². The molecule has 8 heteroatoms. The Morgan fingerprint density at radius 1 is 1.11 bits per heavy atom. The van der Waals surface area contributed by atoms with Crippen molar-refractivity contribution in [2.24, 2.45) is 7.05 Å². The summed E-state index contributed by atoms with van der Waals surface area (Å²) in [4.78, 5) is 15.2. The van der Waals surface area contributed by atoms with Crippen molar-refractivity contribution in [3.8, 4) is 17.2 Å². The highest BCUT2D eigenvalue weighted by atomic mass is 32.2. The van der Waals surface area contributed by atoms with E-state index in [2.05, 4.69) is 5.10 Å². The Bertz CT molecular complexity index is 865. The Kier molecular flexibility index (Phi) is 5.55. The lowest BCUT2D eigenvalue weighted by atomic mass is 10.1. The standard InChI is InChI=1S/C19H25N3O4S/c1-11-17(12(2)21(3)20-11)18(23)22-7-8-27-19(22)13-9-15(25-5)16(26-6)10-14(13)24-4/h9-10,19H,7-8H2,1-6H3. The fourth-order valence-electron chi connectivity index (χ4n) is 3.41. The summed E-state index contributed by atoms with van der Waals surface area (Å²) in [5.74, 6) is 2.72. The molecule has 1 saturated heterocycles. The van der Waals surface area contributed by atoms with E-state index in [9.17, 15) is 4.79 Å². The first-order valence-corrected chi connectivity index (χ1v) is 9.70. The van der Waals surface area contributed by atoms with Gasteiger partial charge in [0, 0.05) is 36.7 Å². The molecule has 0 N–H and O–H groups in total. The van der Waals surface area contributed by atoms with Crippen molar-refractivity contribution in [3.05, 3.63) is 34.6 Å². The monoisotopic (exact) mass is 391 g/mol. The topological polar surface area (TPSA) is 65.8 Å². The van der Waals surface area contributed by atoms with E-state index in [-0.39, 0.29) is 11.3 Å². The Hall–Kier alpha value is -2.35. The summed E-state index contributed by atoms with van der Waals surface area (Å²) in [6, 6.07) is 3.69. The van der Waals surface area contributed by atoms with Crippen LogP contribution in [0.4, 0.5) is 0 Å². The van der Waals surface area contributed by atoms with Gasteiger partial charge in [0.1, 0.15) is 11.1 Å². The number of rotatable bonds is 5. The zero-order valence-electron chi connectivity index (χ0n) is 16.5. The molecule has 1 aromatic carbocycles. The number of carbonyl (C=O) groups excluding carboxylic acids is 1. The van der Waals surface area contributed by atoms with E-state index in [0.29, 0.717) is 29.4 Å². The highest BCUT2D eigenvalue weighted by Crippen LogP contribution is 2.46. The van der Waals surface area contributed by atoms with Crippen LogP contribution in [0, 0.1) is 13.8 Å². The summed E-state index contributed by atoms with van der Waals surface area (Å²) in [5.41, 5.74) is 3.18. The predicted octanol–water partition coefficient (Wildman–Crippen LogP) is 2.95. The summed E-state index contributed by atoms with van der Waals surface area (Å²) in [7, 11) is 6.66. The molecule has 1 aliphatic heterocycles. The van der Waals surface area contributed by atoms with Gasteiger partial charge in [0.15, 0.2) is 11.5 Å². The molecule has 1 aromatic heterocycles. The number of hydrogen-bond donors (Lipinski definition) is 0. The van der Waals surface area contributed by atoms with Crippen molar-refractivity contribution >= 4 is 17.7 Å². The first kappa shape index (κ1) is 19.4. The van der Waals surface area contributed by atoms with Gasteiger partial charge >= 0.3 is 0 Å². The van der Waals surface area contributed by atoms with Gasteiger partial charge in [-0.15, -0.1) is 11.8 Å². The molecule has 2 heterocycles. The number of carbonyl (C=O) groups is 1. The number of ether oxygens (including phenoxy) is 3. The first-order valence-electron chi connectivity index (χ1n) is 8.65. The molecule has 0 bridgehead atoms. The van der Waals surface area contributed by atoms with Crippen LogP contribution in [0.2, 0.25) is 0 Å². The lowest BCUT2D eigenvalue weighted by Gasteiger charge is -2.26. The minimum Gasteiger partial charge on any atom is -0.496 e. The van der Waals surface area contributed by atoms with Crippen LogP contribution in [0.1, 0.15) is 32.7 Å². The molecule has 27 heavy (non-hydrogen) atoms. The molecule has 1 unspecified atom stereocenters. The number of amides is 1. The van der Waals surface area contributed by atoms with Gasteiger partial charge in [-0.1, -0.05) is 0 Å². The van der Waals surface area contributed by atoms with Crippen LogP contribution in [0.5, 0.6) is 17.2 Å². The summed E-state index contributed by atoms with van der Waals surface area (Å²) in [6.45, 7) is 4.46. The molecular weight excluding hydrogens is 366 g/mol. The van der Waals surface area contributed by atoms with E-state index in [1.54, 1.807) is 43.8 Å². The third-order valence-corrected chi connectivity index (χ3v) is 6.12. The first-order chi connectivity index (χ1) is 12.9. The van der Waals surface area contributed by atoms with E-state index in [4.69, 9.17) is 14.2 Å². The highest BCUT2D eigenvalue weighted by Gasteiger charge is 2.36. The van der Waals surface area contributed by atoms with Crippen molar-refractivity contribution in [3.63, 3.8) is 0 Å². The molecule has 1 atom stereocenters. The van der Waals surface area contributed by atoms with Gasteiger partial charge in [-0.3, -0.25) is 9.48 Å². The summed E-state index contributed by atoms with van der Waals surface area (Å²) in [5, 5.41) is 4.22. The van der Waals surface area contributed by atoms with Gasteiger partial charge < -0.3 is 19.1 Å². The number of benzene rings is 1. The molecule has 146 valence electrons. The van der Waals surface area contributed by atoms with E-state index in [1.165, 1.54) is 0 Å². The van der Waals surface area contributed by atoms with Crippen LogP contribution >= 0.6 is 11.8 Å². The predicted molar refractivity (Wildman–Crippen MR) is 105 cm³/mol. The molecule has 0 radical (unpaired) electrons. The zero-order chi connectivity index (χ0) is 19.7. The van der Waals surface area contributed by atoms with Gasteiger partial charge in [0.2, 0.25) is 0 Å². The minimum atomic E-state index is -0.161. The Morgan fingerprint density at radius 2 is 1.74 bits per heavy atom. The van der Waals surface area contributed by atoms with Crippen molar-refractivity contribution in [1.29, 1.82) is 0 Å². The number of methoxy groups -OCH3 is 3. The number of hydrogen-bond acceptors (Lipinski definition) is 6. The van der Waals surface area contributed by atoms with Crippen molar-refractivity contribution < 1.29 is 19.0 Å². The van der Waals surface area contributed by atoms with E-state index in [0.717, 1.165) is 22.7 Å². The largest absolute Gasteiger partial charge is 0.496 e. The zero-order valence-corrected chi connectivity index (χ0v) is 17.3. The molecule has 0 spiro atoms. The Morgan fingerprint density at radius 3 is 2.30 bits per heavy atom. The number of aryl methyl sites for hydroxylation is 2. The van der Waals surface area contributed by atoms with Crippen LogP contribution in [-0.2, 0) is 7.05 Å². The molecule has 0 aliphatic carbocycles. The fraction of sp³-hybridized carbons (Fsp3) is 0.474. The van der Waals surface area contributed by atoms with Crippen LogP contribution in [-0.4, -0.2) is 54.2 Å². The SMILES string of the molecule is COc1cc(OC)c(C2SCCN2C(=O)c2c(C)nn(C)c2C)cc1OC. The van der Waals surface area contributed by atoms with Crippen LogP contribution in [0.15, 0.2) is 12.1 Å². The maximum atomic E-state index is 13.3. The average molecular weight is 391 g/mol. The fourth-order valence-corrected chi connectivity index (χ4v) is 4.68. The third-order valence-electron chi connectivity index (χ3n) is 4.88. The van der Waals surface area contributed by atoms with Crippen molar-refractivity contribution in [2.45, 2.75) is 19.2 Å². The molecule has 1 fully saturated rings. The average Bonchev–Trinajstić information content (AvgIpc) is 3.25. The third kappa shape index (κ3) is 3.34. The molecule has 7 nitrogen and oxygen atoms in total. The smallest absolute Gasteiger partial charge is 0.258 e. The van der Waals surface area contributed by atoms with Gasteiger partial charge in [-0.25, -0.2) is 0 Å². The van der Waals surface area contributed by atoms with Crippen LogP contribution in [0.3, 0.4) is 0 Å². The Balaban J connectivity index is 2.03. The molecule has 3 rings (SSSR count). The van der Waals surface area contributed by atoms with Crippen LogP contribution < -0.4 is 14.2 Å². The maximum Gasteiger partial charge on any atom is 0.258 e. The van der Waals surface area contributed by atoms with Crippen molar-refractivity contribution in [1.82, 2.24) is 14.7 Å². The second-order valence-corrected chi connectivity index (χ2v) is 7.53. The summed E-state index contributed by atoms with van der Waals surface area (Å²) >= 11 is 1.71. The van der Waals surface area contributed by atoms with Crippen LogP contribution in [0.25, 0.3) is 0 Å². The number of aromatic nitrogens is 2. The molecule has 1 aliphatic rings. The van der Waals surface area contributed by atoms with Gasteiger partial charge in [0.25, 0.3) is 5.91 Å². The normalized spacial score (nSPS) is 16.5. The molecule has 2 aromatic rings. The second-order valence-electron chi connectivity index (χ2n) is 6.34. The maximum absolute atomic E-state index is 13.3.